The quantitative estimate of drug-likeness (QED) is 0.507. The van der Waals surface area contributed by atoms with Crippen LogP contribution >= 0.6 is 0 Å². The maximum atomic E-state index is 14.7. The SMILES string of the molecule is Cn1nnnc1N1Cc2nn(-c3ccc(NC(=O)OCc4ccccc4)cc3F)nc2C1. The van der Waals surface area contributed by atoms with Crippen LogP contribution in [0.1, 0.15) is 17.0 Å². The van der Waals surface area contributed by atoms with E-state index >= 15 is 0 Å². The number of ether oxygens (including phenoxy) is 1. The van der Waals surface area contributed by atoms with E-state index in [1.54, 1.807) is 17.8 Å². The number of rotatable bonds is 5. The summed E-state index contributed by atoms with van der Waals surface area (Å²) >= 11 is 0. The molecule has 32 heavy (non-hydrogen) atoms. The van der Waals surface area contributed by atoms with Gasteiger partial charge in [-0.05, 0) is 34.2 Å². The molecule has 0 aliphatic carbocycles. The van der Waals surface area contributed by atoms with Gasteiger partial charge in [-0.2, -0.15) is 10.2 Å². The second-order valence-corrected chi connectivity index (χ2v) is 7.19. The van der Waals surface area contributed by atoms with Crippen LogP contribution in [0.4, 0.5) is 20.8 Å². The Labute approximate surface area is 181 Å². The second-order valence-electron chi connectivity index (χ2n) is 7.19. The first-order valence-corrected chi connectivity index (χ1v) is 9.77. The topological polar surface area (TPSA) is 116 Å². The molecule has 1 amide bonds. The average molecular weight is 435 g/mol. The van der Waals surface area contributed by atoms with Gasteiger partial charge in [0.25, 0.3) is 0 Å². The summed E-state index contributed by atoms with van der Waals surface area (Å²) in [6, 6.07) is 13.5. The number of carbonyl (C=O) groups is 1. The molecule has 0 spiro atoms. The van der Waals surface area contributed by atoms with E-state index in [2.05, 4.69) is 31.0 Å². The van der Waals surface area contributed by atoms with Crippen LogP contribution in [-0.4, -0.2) is 41.3 Å². The molecule has 4 aromatic rings. The highest BCUT2D eigenvalue weighted by Gasteiger charge is 2.28. The fourth-order valence-electron chi connectivity index (χ4n) is 3.40. The van der Waals surface area contributed by atoms with Gasteiger partial charge in [0, 0.05) is 12.7 Å². The molecule has 0 saturated carbocycles. The standard InChI is InChI=1S/C20H18FN9O2/c1-28-19(23-26-27-28)29-10-16-17(11-29)25-30(24-16)18-8-7-14(9-15(18)21)22-20(31)32-12-13-5-3-2-4-6-13/h2-9H,10-12H2,1H3,(H,22,31). The Bertz CT molecular complexity index is 1250. The van der Waals surface area contributed by atoms with Crippen molar-refractivity contribution < 1.29 is 13.9 Å². The van der Waals surface area contributed by atoms with Crippen LogP contribution in [-0.2, 0) is 31.5 Å². The normalized spacial score (nSPS) is 12.6. The summed E-state index contributed by atoms with van der Waals surface area (Å²) in [6.45, 7) is 1.06. The summed E-state index contributed by atoms with van der Waals surface area (Å²) in [7, 11) is 1.75. The predicted octanol–water partition coefficient (Wildman–Crippen LogP) is 2.20. The number of fused-ring (bicyclic) bond motifs is 1. The Kier molecular flexibility index (Phi) is 4.94. The van der Waals surface area contributed by atoms with Gasteiger partial charge in [-0.25, -0.2) is 13.9 Å². The fourth-order valence-corrected chi connectivity index (χ4v) is 3.40. The van der Waals surface area contributed by atoms with Crippen molar-refractivity contribution in [2.24, 2.45) is 7.05 Å². The highest BCUT2D eigenvalue weighted by Crippen LogP contribution is 2.25. The molecule has 2 aromatic heterocycles. The van der Waals surface area contributed by atoms with E-state index in [1.807, 2.05) is 35.2 Å². The van der Waals surface area contributed by atoms with Gasteiger partial charge in [0.15, 0.2) is 5.82 Å². The van der Waals surface area contributed by atoms with Gasteiger partial charge in [-0.1, -0.05) is 35.4 Å². The number of hydrogen-bond donors (Lipinski definition) is 1. The lowest BCUT2D eigenvalue weighted by molar-refractivity contribution is 0.155. The molecule has 2 aromatic carbocycles. The Morgan fingerprint density at radius 1 is 1.12 bits per heavy atom. The number of nitrogens with one attached hydrogen (secondary N) is 1. The van der Waals surface area contributed by atoms with Gasteiger partial charge < -0.3 is 9.64 Å². The van der Waals surface area contributed by atoms with Crippen LogP contribution in [0.2, 0.25) is 0 Å². The van der Waals surface area contributed by atoms with Gasteiger partial charge >= 0.3 is 6.09 Å². The number of tetrazole rings is 1. The number of hydrogen-bond acceptors (Lipinski definition) is 8. The number of amides is 1. The number of anilines is 2. The van der Waals surface area contributed by atoms with Crippen LogP contribution in [0.25, 0.3) is 5.69 Å². The minimum atomic E-state index is -0.671. The van der Waals surface area contributed by atoms with E-state index in [-0.39, 0.29) is 18.0 Å². The third-order valence-electron chi connectivity index (χ3n) is 4.95. The molecule has 0 unspecified atom stereocenters. The number of aromatic nitrogens is 7. The third-order valence-corrected chi connectivity index (χ3v) is 4.95. The number of aryl methyl sites for hydroxylation is 1. The molecule has 0 atom stereocenters. The molecular formula is C20H18FN9O2. The van der Waals surface area contributed by atoms with Crippen molar-refractivity contribution in [3.05, 3.63) is 71.3 Å². The van der Waals surface area contributed by atoms with Crippen molar-refractivity contribution in [1.82, 2.24) is 35.2 Å². The summed E-state index contributed by atoms with van der Waals surface area (Å²) in [4.78, 5) is 15.2. The van der Waals surface area contributed by atoms with E-state index in [9.17, 15) is 9.18 Å². The summed E-state index contributed by atoms with van der Waals surface area (Å²) < 4.78 is 21.4. The molecule has 162 valence electrons. The highest BCUT2D eigenvalue weighted by molar-refractivity contribution is 5.84. The van der Waals surface area contributed by atoms with Crippen molar-refractivity contribution >= 4 is 17.7 Å². The monoisotopic (exact) mass is 435 g/mol. The van der Waals surface area contributed by atoms with Gasteiger partial charge in [-0.3, -0.25) is 5.32 Å². The van der Waals surface area contributed by atoms with Gasteiger partial charge in [0.2, 0.25) is 5.95 Å². The summed E-state index contributed by atoms with van der Waals surface area (Å²) in [5, 5.41) is 22.7. The zero-order valence-electron chi connectivity index (χ0n) is 17.0. The lowest BCUT2D eigenvalue weighted by Gasteiger charge is -2.14. The van der Waals surface area contributed by atoms with Crippen LogP contribution in [0.3, 0.4) is 0 Å². The Balaban J connectivity index is 1.24. The highest BCUT2D eigenvalue weighted by atomic mass is 19.1. The summed E-state index contributed by atoms with van der Waals surface area (Å²) in [5.41, 5.74) is 2.74. The van der Waals surface area contributed by atoms with E-state index < -0.39 is 11.9 Å². The van der Waals surface area contributed by atoms with Crippen molar-refractivity contribution in [2.75, 3.05) is 10.2 Å². The molecule has 1 N–H and O–H groups in total. The van der Waals surface area contributed by atoms with Crippen LogP contribution < -0.4 is 10.2 Å². The van der Waals surface area contributed by atoms with Crippen molar-refractivity contribution in [3.63, 3.8) is 0 Å². The fraction of sp³-hybridized carbons (Fsp3) is 0.200. The largest absolute Gasteiger partial charge is 0.444 e. The first kappa shape index (κ1) is 19.6. The van der Waals surface area contributed by atoms with E-state index in [0.29, 0.717) is 19.0 Å². The molecule has 0 saturated heterocycles. The first-order valence-electron chi connectivity index (χ1n) is 9.77. The number of carbonyl (C=O) groups excluding carboxylic acids is 1. The zero-order chi connectivity index (χ0) is 22.1. The third kappa shape index (κ3) is 3.85. The molecule has 1 aliphatic rings. The second kappa shape index (κ2) is 8.06. The van der Waals surface area contributed by atoms with Crippen LogP contribution in [0.5, 0.6) is 0 Å². The summed E-state index contributed by atoms with van der Waals surface area (Å²) in [6.07, 6.45) is -0.671. The minimum Gasteiger partial charge on any atom is -0.444 e. The summed E-state index contributed by atoms with van der Waals surface area (Å²) in [5.74, 6) is 0.0333. The van der Waals surface area contributed by atoms with E-state index in [4.69, 9.17) is 4.74 Å². The lowest BCUT2D eigenvalue weighted by Crippen LogP contribution is -2.20. The molecular weight excluding hydrogens is 417 g/mol. The Morgan fingerprint density at radius 2 is 1.88 bits per heavy atom. The van der Waals surface area contributed by atoms with Crippen molar-refractivity contribution in [3.8, 4) is 5.69 Å². The smallest absolute Gasteiger partial charge is 0.411 e. The molecule has 0 bridgehead atoms. The molecule has 5 rings (SSSR count). The molecule has 12 heteroatoms. The Hall–Kier alpha value is -4.35. The Morgan fingerprint density at radius 3 is 2.53 bits per heavy atom. The lowest BCUT2D eigenvalue weighted by atomic mass is 10.2. The maximum Gasteiger partial charge on any atom is 0.411 e. The van der Waals surface area contributed by atoms with E-state index in [1.165, 1.54) is 16.9 Å². The predicted molar refractivity (Wildman–Crippen MR) is 110 cm³/mol. The van der Waals surface area contributed by atoms with E-state index in [0.717, 1.165) is 17.0 Å². The molecule has 1 aliphatic heterocycles. The molecule has 0 radical (unpaired) electrons. The van der Waals surface area contributed by atoms with Crippen molar-refractivity contribution in [1.29, 1.82) is 0 Å². The van der Waals surface area contributed by atoms with Gasteiger partial charge in [0.1, 0.15) is 23.7 Å². The van der Waals surface area contributed by atoms with Gasteiger partial charge in [-0.15, -0.1) is 4.80 Å². The number of halogens is 1. The van der Waals surface area contributed by atoms with Crippen LogP contribution in [0, 0.1) is 5.82 Å². The number of nitrogens with zero attached hydrogens (tertiary/aromatic N) is 8. The molecule has 3 heterocycles. The van der Waals surface area contributed by atoms with Crippen molar-refractivity contribution in [2.45, 2.75) is 19.7 Å². The van der Waals surface area contributed by atoms with Gasteiger partial charge in [0.05, 0.1) is 13.1 Å². The zero-order valence-corrected chi connectivity index (χ0v) is 17.0. The molecule has 0 fully saturated rings. The molecule has 11 nitrogen and oxygen atoms in total. The number of benzene rings is 2. The first-order chi connectivity index (χ1) is 15.6. The minimum absolute atomic E-state index is 0.122. The average Bonchev–Trinajstić information content (AvgIpc) is 3.47. The van der Waals surface area contributed by atoms with Crippen LogP contribution in [0.15, 0.2) is 48.5 Å². The maximum absolute atomic E-state index is 14.7.